The van der Waals surface area contributed by atoms with Crippen LogP contribution in [0, 0.1) is 19.7 Å². The van der Waals surface area contributed by atoms with Crippen LogP contribution in [0.15, 0.2) is 60.7 Å². The maximum Gasteiger partial charge on any atom is 0.259 e. The highest BCUT2D eigenvalue weighted by Crippen LogP contribution is 2.36. The van der Waals surface area contributed by atoms with Crippen LogP contribution in [0.4, 0.5) is 10.1 Å². The zero-order valence-electron chi connectivity index (χ0n) is 21.1. The molecule has 2 amide bonds. The summed E-state index contributed by atoms with van der Waals surface area (Å²) < 4.78 is 25.2. The van der Waals surface area contributed by atoms with Gasteiger partial charge < -0.3 is 14.8 Å². The highest BCUT2D eigenvalue weighted by molar-refractivity contribution is 6.10. The molecule has 1 N–H and O–H groups in total. The van der Waals surface area contributed by atoms with Crippen LogP contribution in [0.5, 0.6) is 11.5 Å². The van der Waals surface area contributed by atoms with Gasteiger partial charge in [0.25, 0.3) is 5.91 Å². The van der Waals surface area contributed by atoms with Gasteiger partial charge in [-0.05, 0) is 79.8 Å². The molecular weight excluding hydrogens is 471 g/mol. The quantitative estimate of drug-likeness (QED) is 0.472. The van der Waals surface area contributed by atoms with Crippen LogP contribution in [0.25, 0.3) is 0 Å². The Morgan fingerprint density at radius 1 is 0.919 bits per heavy atom. The van der Waals surface area contributed by atoms with Gasteiger partial charge in [-0.1, -0.05) is 37.1 Å². The first-order valence-electron chi connectivity index (χ1n) is 12.8. The lowest BCUT2D eigenvalue weighted by Gasteiger charge is -2.34. The first-order chi connectivity index (χ1) is 17.9. The van der Waals surface area contributed by atoms with Crippen molar-refractivity contribution in [3.8, 4) is 11.5 Å². The molecule has 1 saturated carbocycles. The summed E-state index contributed by atoms with van der Waals surface area (Å²) in [7, 11) is 0. The van der Waals surface area contributed by atoms with Crippen LogP contribution in [0.2, 0.25) is 0 Å². The highest BCUT2D eigenvalue weighted by atomic mass is 19.1. The lowest BCUT2D eigenvalue weighted by Crippen LogP contribution is -2.46. The van der Waals surface area contributed by atoms with E-state index in [1.807, 2.05) is 32.0 Å². The summed E-state index contributed by atoms with van der Waals surface area (Å²) in [6.07, 6.45) is 3.93. The maximum absolute atomic E-state index is 14.3. The summed E-state index contributed by atoms with van der Waals surface area (Å²) in [5.74, 6) is 0.0175. The SMILES string of the molecule is Cc1ccc(C)c(N(C(=O)c2ccc3c(c2)OCCO3)[C@@H](C(=O)NC2CCCC2)c2ccc(F)cc2)c1. The molecule has 6 nitrogen and oxygen atoms in total. The fourth-order valence-electron chi connectivity index (χ4n) is 5.07. The minimum atomic E-state index is -0.998. The number of benzene rings is 3. The number of hydrogen-bond acceptors (Lipinski definition) is 4. The van der Waals surface area contributed by atoms with Gasteiger partial charge in [0.1, 0.15) is 25.1 Å². The third-order valence-electron chi connectivity index (χ3n) is 7.03. The summed E-state index contributed by atoms with van der Waals surface area (Å²) in [5.41, 5.74) is 3.32. The smallest absolute Gasteiger partial charge is 0.259 e. The molecule has 0 saturated heterocycles. The van der Waals surface area contributed by atoms with Crippen LogP contribution in [0.3, 0.4) is 0 Å². The molecule has 3 aromatic rings. The Balaban J connectivity index is 1.63. The largest absolute Gasteiger partial charge is 0.486 e. The number of carbonyl (C=O) groups excluding carboxylic acids is 2. The molecule has 1 aliphatic carbocycles. The van der Waals surface area contributed by atoms with Crippen LogP contribution in [0.1, 0.15) is 58.8 Å². The van der Waals surface area contributed by atoms with Crippen molar-refractivity contribution in [1.82, 2.24) is 5.32 Å². The van der Waals surface area contributed by atoms with Gasteiger partial charge >= 0.3 is 0 Å². The Morgan fingerprint density at radius 2 is 1.62 bits per heavy atom. The second kappa shape index (κ2) is 10.6. The fraction of sp³-hybridized carbons (Fsp3) is 0.333. The van der Waals surface area contributed by atoms with Gasteiger partial charge in [-0.2, -0.15) is 0 Å². The maximum atomic E-state index is 14.3. The van der Waals surface area contributed by atoms with Crippen molar-refractivity contribution in [1.29, 1.82) is 0 Å². The van der Waals surface area contributed by atoms with Gasteiger partial charge in [0.15, 0.2) is 11.5 Å². The molecule has 192 valence electrons. The minimum absolute atomic E-state index is 0.0558. The third-order valence-corrected chi connectivity index (χ3v) is 7.03. The van der Waals surface area contributed by atoms with Gasteiger partial charge in [0.2, 0.25) is 5.91 Å². The van der Waals surface area contributed by atoms with Gasteiger partial charge in [-0.3, -0.25) is 14.5 Å². The number of hydrogen-bond donors (Lipinski definition) is 1. The Hall–Kier alpha value is -3.87. The van der Waals surface area contributed by atoms with Crippen molar-refractivity contribution in [3.05, 3.63) is 88.7 Å². The van der Waals surface area contributed by atoms with Crippen LogP contribution < -0.4 is 19.7 Å². The predicted octanol–water partition coefficient (Wildman–Crippen LogP) is 5.66. The summed E-state index contributed by atoms with van der Waals surface area (Å²) in [6.45, 7) is 4.70. The normalized spacial score (nSPS) is 15.8. The predicted molar refractivity (Wildman–Crippen MR) is 140 cm³/mol. The Labute approximate surface area is 216 Å². The molecule has 1 atom stereocenters. The third kappa shape index (κ3) is 5.31. The molecule has 1 fully saturated rings. The highest BCUT2D eigenvalue weighted by Gasteiger charge is 2.36. The average molecular weight is 503 g/mol. The zero-order valence-corrected chi connectivity index (χ0v) is 21.1. The number of nitrogens with one attached hydrogen (secondary N) is 1. The molecule has 37 heavy (non-hydrogen) atoms. The Morgan fingerprint density at radius 3 is 2.35 bits per heavy atom. The minimum Gasteiger partial charge on any atom is -0.486 e. The molecule has 0 bridgehead atoms. The topological polar surface area (TPSA) is 67.9 Å². The molecule has 0 spiro atoms. The van der Waals surface area contributed by atoms with Gasteiger partial charge in [0.05, 0.1) is 0 Å². The number of ether oxygens (including phenoxy) is 2. The number of amides is 2. The molecule has 7 heteroatoms. The van der Waals surface area contributed by atoms with Gasteiger partial charge in [-0.15, -0.1) is 0 Å². The van der Waals surface area contributed by atoms with E-state index in [0.717, 1.165) is 36.8 Å². The molecule has 0 radical (unpaired) electrons. The summed E-state index contributed by atoms with van der Waals surface area (Å²) in [5, 5.41) is 3.16. The van der Waals surface area contributed by atoms with E-state index in [-0.39, 0.29) is 17.9 Å². The lowest BCUT2D eigenvalue weighted by atomic mass is 9.99. The molecule has 2 aliphatic rings. The summed E-state index contributed by atoms with van der Waals surface area (Å²) >= 11 is 0. The van der Waals surface area contributed by atoms with Gasteiger partial charge in [0, 0.05) is 17.3 Å². The molecule has 0 aromatic heterocycles. The Bertz CT molecular complexity index is 1300. The molecule has 3 aromatic carbocycles. The van der Waals surface area contributed by atoms with Crippen LogP contribution in [-0.4, -0.2) is 31.1 Å². The van der Waals surface area contributed by atoms with Crippen molar-refractivity contribution >= 4 is 17.5 Å². The van der Waals surface area contributed by atoms with Crippen molar-refractivity contribution in [3.63, 3.8) is 0 Å². The van der Waals surface area contributed by atoms with E-state index in [1.165, 1.54) is 17.0 Å². The number of aryl methyl sites for hydroxylation is 2. The number of fused-ring (bicyclic) bond motifs is 1. The van der Waals surface area contributed by atoms with E-state index in [2.05, 4.69) is 5.32 Å². The second-order valence-electron chi connectivity index (χ2n) is 9.77. The number of carbonyl (C=O) groups is 2. The van der Waals surface area contributed by atoms with Crippen LogP contribution in [-0.2, 0) is 4.79 Å². The average Bonchev–Trinajstić information content (AvgIpc) is 3.42. The van der Waals surface area contributed by atoms with E-state index < -0.39 is 11.9 Å². The van der Waals surface area contributed by atoms with Crippen molar-refractivity contribution in [2.45, 2.75) is 51.6 Å². The van der Waals surface area contributed by atoms with E-state index in [4.69, 9.17) is 9.47 Å². The molecule has 1 heterocycles. The first-order valence-corrected chi connectivity index (χ1v) is 12.8. The molecule has 1 aliphatic heterocycles. The fourth-order valence-corrected chi connectivity index (χ4v) is 5.07. The van der Waals surface area contributed by atoms with Crippen LogP contribution >= 0.6 is 0 Å². The van der Waals surface area contributed by atoms with Crippen molar-refractivity contribution in [2.24, 2.45) is 0 Å². The second-order valence-corrected chi connectivity index (χ2v) is 9.77. The number of nitrogens with zero attached hydrogens (tertiary/aromatic N) is 1. The first kappa shape index (κ1) is 24.8. The molecular formula is C30H31FN2O4. The monoisotopic (exact) mass is 502 g/mol. The van der Waals surface area contributed by atoms with E-state index in [9.17, 15) is 14.0 Å². The van der Waals surface area contributed by atoms with E-state index >= 15 is 0 Å². The molecule has 0 unspecified atom stereocenters. The van der Waals surface area contributed by atoms with Crippen molar-refractivity contribution < 1.29 is 23.5 Å². The van der Waals surface area contributed by atoms with Crippen molar-refractivity contribution in [2.75, 3.05) is 18.1 Å². The lowest BCUT2D eigenvalue weighted by molar-refractivity contribution is -0.123. The summed E-state index contributed by atoms with van der Waals surface area (Å²) in [4.78, 5) is 29.7. The zero-order chi connectivity index (χ0) is 25.9. The number of rotatable bonds is 6. The van der Waals surface area contributed by atoms with E-state index in [1.54, 1.807) is 30.3 Å². The number of anilines is 1. The number of halogens is 1. The molecule has 5 rings (SSSR count). The van der Waals surface area contributed by atoms with Gasteiger partial charge in [-0.25, -0.2) is 4.39 Å². The standard InChI is InChI=1S/C30H31FN2O4/c1-19-7-8-20(2)25(17-19)33(30(35)22-11-14-26-27(18-22)37-16-15-36-26)28(21-9-12-23(31)13-10-21)29(34)32-24-5-3-4-6-24/h7-14,17-18,24,28H,3-6,15-16H2,1-2H3,(H,32,34)/t28-/m1/s1. The summed E-state index contributed by atoms with van der Waals surface area (Å²) in [6, 6.07) is 15.7. The van der Waals surface area contributed by atoms with E-state index in [0.29, 0.717) is 41.5 Å². The Kier molecular flexibility index (Phi) is 7.12.